The van der Waals surface area contributed by atoms with E-state index in [9.17, 15) is 19.5 Å². The molecule has 0 aromatic heterocycles. The van der Waals surface area contributed by atoms with Crippen molar-refractivity contribution in [1.29, 1.82) is 0 Å². The summed E-state index contributed by atoms with van der Waals surface area (Å²) in [7, 11) is 0. The molecular weight excluding hydrogens is 434 g/mol. The number of carbonyl (C=O) groups is 3. The third-order valence-corrected chi connectivity index (χ3v) is 4.86. The highest BCUT2D eigenvalue weighted by molar-refractivity contribution is 5.92. The van der Waals surface area contributed by atoms with E-state index < -0.39 is 42.2 Å². The minimum atomic E-state index is -1.29. The van der Waals surface area contributed by atoms with E-state index in [1.54, 1.807) is 45.0 Å². The van der Waals surface area contributed by atoms with Crippen LogP contribution in [0.4, 0.5) is 4.79 Å². The number of amides is 3. The first-order valence-corrected chi connectivity index (χ1v) is 11.7. The van der Waals surface area contributed by atoms with Crippen LogP contribution in [0.15, 0.2) is 24.3 Å². The lowest BCUT2D eigenvalue weighted by atomic mass is 9.97. The van der Waals surface area contributed by atoms with Gasteiger partial charge in [0, 0.05) is 18.2 Å². The van der Waals surface area contributed by atoms with Crippen LogP contribution in [0.25, 0.3) is 0 Å². The zero-order valence-corrected chi connectivity index (χ0v) is 21.2. The Bertz CT molecular complexity index is 870. The van der Waals surface area contributed by atoms with E-state index in [4.69, 9.17) is 11.2 Å². The van der Waals surface area contributed by atoms with Crippen LogP contribution in [0.3, 0.4) is 0 Å². The maximum absolute atomic E-state index is 13.6. The highest BCUT2D eigenvalue weighted by Gasteiger charge is 2.36. The molecule has 1 rings (SSSR count). The molecule has 8 nitrogen and oxygen atoms in total. The minimum absolute atomic E-state index is 0.172. The number of nitrogens with one attached hydrogen (secondary N) is 2. The predicted octanol–water partition coefficient (Wildman–Crippen LogP) is 3.14. The largest absolute Gasteiger partial charge is 0.444 e. The van der Waals surface area contributed by atoms with Gasteiger partial charge in [-0.25, -0.2) is 4.79 Å². The molecule has 0 aliphatic heterocycles. The van der Waals surface area contributed by atoms with Crippen molar-refractivity contribution in [3.05, 3.63) is 35.4 Å². The van der Waals surface area contributed by atoms with E-state index >= 15 is 0 Å². The van der Waals surface area contributed by atoms with Crippen LogP contribution in [0.1, 0.15) is 78.0 Å². The maximum atomic E-state index is 13.6. The molecule has 3 N–H and O–H groups in total. The molecule has 0 heterocycles. The second kappa shape index (κ2) is 13.6. The van der Waals surface area contributed by atoms with Crippen molar-refractivity contribution in [3.8, 4) is 12.3 Å². The molecule has 188 valence electrons. The van der Waals surface area contributed by atoms with E-state index in [2.05, 4.69) is 16.6 Å². The Morgan fingerprint density at radius 3 is 2.32 bits per heavy atom. The Kier molecular flexibility index (Phi) is 11.6. The molecule has 0 spiro atoms. The SMILES string of the molecule is C#Cc1ccccc1C(C(=O)NC(C)C)N(CCCCC)C(=O)C(CO)NC(=O)OC(C)(C)C. The smallest absolute Gasteiger partial charge is 0.408 e. The number of hydrogen-bond acceptors (Lipinski definition) is 5. The molecule has 0 bridgehead atoms. The van der Waals surface area contributed by atoms with E-state index in [1.807, 2.05) is 20.8 Å². The van der Waals surface area contributed by atoms with Gasteiger partial charge in [-0.1, -0.05) is 43.9 Å². The summed E-state index contributed by atoms with van der Waals surface area (Å²) in [6, 6.07) is 4.45. The number of terminal acetylenes is 1. The maximum Gasteiger partial charge on any atom is 0.408 e. The second-order valence-electron chi connectivity index (χ2n) is 9.42. The highest BCUT2D eigenvalue weighted by Crippen LogP contribution is 2.26. The Balaban J connectivity index is 3.45. The van der Waals surface area contributed by atoms with E-state index in [1.165, 1.54) is 4.90 Å². The number of nitrogens with zero attached hydrogens (tertiary/aromatic N) is 1. The van der Waals surface area contributed by atoms with Crippen molar-refractivity contribution >= 4 is 17.9 Å². The molecule has 1 aromatic rings. The normalized spacial score (nSPS) is 12.9. The third kappa shape index (κ3) is 9.06. The first-order valence-electron chi connectivity index (χ1n) is 11.7. The van der Waals surface area contributed by atoms with E-state index in [0.717, 1.165) is 12.8 Å². The highest BCUT2D eigenvalue weighted by atomic mass is 16.6. The van der Waals surface area contributed by atoms with Crippen LogP contribution in [0.5, 0.6) is 0 Å². The molecule has 0 radical (unpaired) electrons. The molecule has 34 heavy (non-hydrogen) atoms. The van der Waals surface area contributed by atoms with Crippen molar-refractivity contribution in [2.24, 2.45) is 0 Å². The quantitative estimate of drug-likeness (QED) is 0.338. The zero-order valence-electron chi connectivity index (χ0n) is 21.2. The summed E-state index contributed by atoms with van der Waals surface area (Å²) < 4.78 is 5.24. The molecule has 0 saturated heterocycles. The topological polar surface area (TPSA) is 108 Å². The van der Waals surface area contributed by atoms with Gasteiger partial charge in [-0.15, -0.1) is 6.42 Å². The van der Waals surface area contributed by atoms with Gasteiger partial charge in [0.25, 0.3) is 0 Å². The Labute approximate surface area is 203 Å². The molecule has 0 aliphatic carbocycles. The number of ether oxygens (including phenoxy) is 1. The van der Waals surface area contributed by atoms with Gasteiger partial charge in [-0.05, 0) is 52.7 Å². The molecule has 2 atom stereocenters. The second-order valence-corrected chi connectivity index (χ2v) is 9.42. The van der Waals surface area contributed by atoms with Gasteiger partial charge in [0.15, 0.2) is 0 Å². The molecule has 0 aliphatic rings. The number of aliphatic hydroxyl groups excluding tert-OH is 1. The van der Waals surface area contributed by atoms with Crippen molar-refractivity contribution in [3.63, 3.8) is 0 Å². The standard InChI is InChI=1S/C26H39N3O5/c1-8-10-13-16-29(24(32)21(17-30)28-25(33)34-26(5,6)7)22(23(31)27-18(3)4)20-15-12-11-14-19(20)9-2/h2,11-12,14-15,18,21-22,30H,8,10,13,16-17H2,1,3-7H3,(H,27,31)(H,28,33). The summed E-state index contributed by atoms with van der Waals surface area (Å²) in [6.45, 7) is 10.4. The van der Waals surface area contributed by atoms with E-state index in [0.29, 0.717) is 17.5 Å². The molecule has 8 heteroatoms. The number of unbranched alkanes of at least 4 members (excludes halogenated alkanes) is 2. The van der Waals surface area contributed by atoms with Gasteiger partial charge >= 0.3 is 6.09 Å². The fourth-order valence-electron chi connectivity index (χ4n) is 3.42. The molecule has 1 aromatic carbocycles. The van der Waals surface area contributed by atoms with Gasteiger partial charge in [0.1, 0.15) is 17.7 Å². The lowest BCUT2D eigenvalue weighted by molar-refractivity contribution is -0.143. The molecule has 0 saturated carbocycles. The Hall–Kier alpha value is -3.05. The van der Waals surface area contributed by atoms with Crippen LogP contribution in [0.2, 0.25) is 0 Å². The van der Waals surface area contributed by atoms with Crippen molar-refractivity contribution in [2.75, 3.05) is 13.2 Å². The predicted molar refractivity (Wildman–Crippen MR) is 132 cm³/mol. The number of hydrogen-bond donors (Lipinski definition) is 3. The number of aliphatic hydroxyl groups is 1. The average Bonchev–Trinajstić information content (AvgIpc) is 2.74. The third-order valence-electron chi connectivity index (χ3n) is 4.86. The van der Waals surface area contributed by atoms with Crippen molar-refractivity contribution in [2.45, 2.75) is 84.5 Å². The average molecular weight is 474 g/mol. The lowest BCUT2D eigenvalue weighted by Gasteiger charge is -2.35. The number of rotatable bonds is 11. The summed E-state index contributed by atoms with van der Waals surface area (Å²) in [5, 5.41) is 15.3. The van der Waals surface area contributed by atoms with Crippen LogP contribution >= 0.6 is 0 Å². The van der Waals surface area contributed by atoms with Crippen molar-refractivity contribution in [1.82, 2.24) is 15.5 Å². The van der Waals surface area contributed by atoms with Gasteiger partial charge in [-0.3, -0.25) is 9.59 Å². The molecule has 3 amide bonds. The van der Waals surface area contributed by atoms with Gasteiger partial charge < -0.3 is 25.4 Å². The summed E-state index contributed by atoms with van der Waals surface area (Å²) >= 11 is 0. The molecular formula is C26H39N3O5. The first-order chi connectivity index (χ1) is 15.9. The zero-order chi connectivity index (χ0) is 25.9. The minimum Gasteiger partial charge on any atom is -0.444 e. The van der Waals surface area contributed by atoms with Gasteiger partial charge in [0.2, 0.25) is 11.8 Å². The van der Waals surface area contributed by atoms with Crippen molar-refractivity contribution < 1.29 is 24.2 Å². The fourth-order valence-corrected chi connectivity index (χ4v) is 3.42. The monoisotopic (exact) mass is 473 g/mol. The summed E-state index contributed by atoms with van der Waals surface area (Å²) in [6.07, 6.45) is 7.25. The number of carbonyl (C=O) groups excluding carboxylic acids is 3. The lowest BCUT2D eigenvalue weighted by Crippen LogP contribution is -2.55. The van der Waals surface area contributed by atoms with Crippen LogP contribution in [-0.2, 0) is 14.3 Å². The number of alkyl carbamates (subject to hydrolysis) is 1. The van der Waals surface area contributed by atoms with Crippen LogP contribution in [0, 0.1) is 12.3 Å². The molecule has 2 unspecified atom stereocenters. The Morgan fingerprint density at radius 1 is 1.15 bits per heavy atom. The van der Waals surface area contributed by atoms with E-state index in [-0.39, 0.29) is 12.6 Å². The van der Waals surface area contributed by atoms with Gasteiger partial charge in [-0.2, -0.15) is 0 Å². The van der Waals surface area contributed by atoms with Crippen LogP contribution < -0.4 is 10.6 Å². The first kappa shape index (κ1) is 29.0. The fraction of sp³-hybridized carbons (Fsp3) is 0.577. The summed E-state index contributed by atoms with van der Waals surface area (Å²) in [4.78, 5) is 40.7. The summed E-state index contributed by atoms with van der Waals surface area (Å²) in [5.41, 5.74) is 0.210. The molecule has 0 fully saturated rings. The summed E-state index contributed by atoms with van der Waals surface area (Å²) in [5.74, 6) is 1.60. The Morgan fingerprint density at radius 2 is 1.79 bits per heavy atom. The van der Waals surface area contributed by atoms with Gasteiger partial charge in [0.05, 0.1) is 6.61 Å². The number of benzene rings is 1. The van der Waals surface area contributed by atoms with Crippen LogP contribution in [-0.4, -0.2) is 58.8 Å².